The molecule has 0 bridgehead atoms. The van der Waals surface area contributed by atoms with Gasteiger partial charge in [-0.05, 0) is 43.7 Å². The minimum Gasteiger partial charge on any atom is -0.497 e. The van der Waals surface area contributed by atoms with E-state index >= 15 is 0 Å². The van der Waals surface area contributed by atoms with Gasteiger partial charge in [-0.15, -0.1) is 0 Å². The van der Waals surface area contributed by atoms with Crippen molar-refractivity contribution in [3.63, 3.8) is 0 Å². The number of piperidine rings is 1. The Bertz CT molecular complexity index is 409. The molecule has 19 heavy (non-hydrogen) atoms. The molecule has 0 saturated carbocycles. The van der Waals surface area contributed by atoms with Crippen molar-refractivity contribution in [2.24, 2.45) is 0 Å². The number of amides is 1. The molecule has 0 atom stereocenters. The predicted octanol–water partition coefficient (Wildman–Crippen LogP) is 1.91. The van der Waals surface area contributed by atoms with Crippen LogP contribution in [0, 0.1) is 0 Å². The maximum Gasteiger partial charge on any atom is 0.253 e. The number of carbonyl (C=O) groups excluding carboxylic acids is 1. The number of methoxy groups -OCH3 is 1. The van der Waals surface area contributed by atoms with Crippen molar-refractivity contribution < 1.29 is 9.53 Å². The first-order chi connectivity index (χ1) is 9.24. The van der Waals surface area contributed by atoms with E-state index < -0.39 is 0 Å². The second kappa shape index (κ2) is 6.57. The van der Waals surface area contributed by atoms with Crippen LogP contribution in [-0.4, -0.2) is 43.6 Å². The van der Waals surface area contributed by atoms with Crippen LogP contribution < -0.4 is 10.1 Å². The minimum absolute atomic E-state index is 0.123. The van der Waals surface area contributed by atoms with Gasteiger partial charge < -0.3 is 15.0 Å². The van der Waals surface area contributed by atoms with Gasteiger partial charge in [0.1, 0.15) is 5.75 Å². The monoisotopic (exact) mass is 262 g/mol. The zero-order valence-corrected chi connectivity index (χ0v) is 11.7. The molecule has 0 spiro atoms. The topological polar surface area (TPSA) is 41.6 Å². The van der Waals surface area contributed by atoms with Gasteiger partial charge >= 0.3 is 0 Å². The van der Waals surface area contributed by atoms with Crippen LogP contribution in [0.1, 0.15) is 30.1 Å². The fourth-order valence-corrected chi connectivity index (χ4v) is 2.49. The second-order valence-corrected chi connectivity index (χ2v) is 4.85. The standard InChI is InChI=1S/C15H22N2O2/c1-3-16-13-8-10-17(11-9-13)15(18)12-4-6-14(19-2)7-5-12/h4-7,13,16H,3,8-11H2,1-2H3. The lowest BCUT2D eigenvalue weighted by Crippen LogP contribution is -2.44. The number of hydrogen-bond donors (Lipinski definition) is 1. The molecular weight excluding hydrogens is 240 g/mol. The van der Waals surface area contributed by atoms with E-state index in [9.17, 15) is 4.79 Å². The lowest BCUT2D eigenvalue weighted by molar-refractivity contribution is 0.0706. The van der Waals surface area contributed by atoms with Crippen molar-refractivity contribution >= 4 is 5.91 Å². The highest BCUT2D eigenvalue weighted by atomic mass is 16.5. The Kier molecular flexibility index (Phi) is 4.80. The Balaban J connectivity index is 1.93. The molecule has 1 aliphatic heterocycles. The molecule has 1 aromatic rings. The highest BCUT2D eigenvalue weighted by Gasteiger charge is 2.22. The largest absolute Gasteiger partial charge is 0.497 e. The summed E-state index contributed by atoms with van der Waals surface area (Å²) in [5, 5.41) is 3.44. The molecule has 1 N–H and O–H groups in total. The molecule has 2 rings (SSSR count). The Morgan fingerprint density at radius 3 is 2.47 bits per heavy atom. The molecule has 1 aliphatic rings. The third-order valence-corrected chi connectivity index (χ3v) is 3.61. The number of likely N-dealkylation sites (tertiary alicyclic amines) is 1. The maximum absolute atomic E-state index is 12.3. The van der Waals surface area contributed by atoms with Gasteiger partial charge in [0, 0.05) is 24.7 Å². The number of nitrogens with one attached hydrogen (secondary N) is 1. The van der Waals surface area contributed by atoms with E-state index in [0.29, 0.717) is 6.04 Å². The number of nitrogens with zero attached hydrogens (tertiary/aromatic N) is 1. The fraction of sp³-hybridized carbons (Fsp3) is 0.533. The summed E-state index contributed by atoms with van der Waals surface area (Å²) in [4.78, 5) is 14.3. The van der Waals surface area contributed by atoms with Gasteiger partial charge in [0.25, 0.3) is 5.91 Å². The minimum atomic E-state index is 0.123. The van der Waals surface area contributed by atoms with Crippen LogP contribution in [0.5, 0.6) is 5.75 Å². The lowest BCUT2D eigenvalue weighted by Gasteiger charge is -2.32. The Hall–Kier alpha value is -1.55. The lowest BCUT2D eigenvalue weighted by atomic mass is 10.0. The quantitative estimate of drug-likeness (QED) is 0.901. The summed E-state index contributed by atoms with van der Waals surface area (Å²) in [6.07, 6.45) is 2.07. The van der Waals surface area contributed by atoms with E-state index in [0.717, 1.165) is 43.8 Å². The molecule has 0 aliphatic carbocycles. The zero-order chi connectivity index (χ0) is 13.7. The van der Waals surface area contributed by atoms with Crippen LogP contribution in [0.3, 0.4) is 0 Å². The number of ether oxygens (including phenoxy) is 1. The van der Waals surface area contributed by atoms with Crippen LogP contribution in [0.2, 0.25) is 0 Å². The third kappa shape index (κ3) is 3.47. The van der Waals surface area contributed by atoms with Gasteiger partial charge in [-0.3, -0.25) is 4.79 Å². The van der Waals surface area contributed by atoms with Gasteiger partial charge in [0.15, 0.2) is 0 Å². The smallest absolute Gasteiger partial charge is 0.253 e. The molecule has 104 valence electrons. The molecular formula is C15H22N2O2. The summed E-state index contributed by atoms with van der Waals surface area (Å²) in [5.74, 6) is 0.903. The van der Waals surface area contributed by atoms with Gasteiger partial charge in [0.05, 0.1) is 7.11 Å². The van der Waals surface area contributed by atoms with E-state index in [2.05, 4.69) is 12.2 Å². The highest BCUT2D eigenvalue weighted by molar-refractivity contribution is 5.94. The van der Waals surface area contributed by atoms with Crippen molar-refractivity contribution in [1.82, 2.24) is 10.2 Å². The highest BCUT2D eigenvalue weighted by Crippen LogP contribution is 2.16. The molecule has 0 aromatic heterocycles. The van der Waals surface area contributed by atoms with Crippen molar-refractivity contribution in [1.29, 1.82) is 0 Å². The predicted molar refractivity (Wildman–Crippen MR) is 75.6 cm³/mol. The normalized spacial score (nSPS) is 16.4. The third-order valence-electron chi connectivity index (χ3n) is 3.61. The van der Waals surface area contributed by atoms with E-state index in [1.807, 2.05) is 29.2 Å². The summed E-state index contributed by atoms with van der Waals surface area (Å²) in [7, 11) is 1.63. The van der Waals surface area contributed by atoms with Crippen molar-refractivity contribution in [2.75, 3.05) is 26.7 Å². The first kappa shape index (κ1) is 13.9. The Morgan fingerprint density at radius 1 is 1.32 bits per heavy atom. The van der Waals surface area contributed by atoms with Crippen molar-refractivity contribution in [3.05, 3.63) is 29.8 Å². The molecule has 1 heterocycles. The SMILES string of the molecule is CCNC1CCN(C(=O)c2ccc(OC)cc2)CC1. The van der Waals surface area contributed by atoms with Crippen molar-refractivity contribution in [3.8, 4) is 5.75 Å². The van der Waals surface area contributed by atoms with Gasteiger partial charge in [-0.1, -0.05) is 6.92 Å². The number of benzene rings is 1. The first-order valence-electron chi connectivity index (χ1n) is 6.91. The van der Waals surface area contributed by atoms with E-state index in [-0.39, 0.29) is 5.91 Å². The molecule has 4 nitrogen and oxygen atoms in total. The second-order valence-electron chi connectivity index (χ2n) is 4.85. The zero-order valence-electron chi connectivity index (χ0n) is 11.7. The van der Waals surface area contributed by atoms with Crippen LogP contribution in [0.4, 0.5) is 0 Å². The van der Waals surface area contributed by atoms with Crippen molar-refractivity contribution in [2.45, 2.75) is 25.8 Å². The van der Waals surface area contributed by atoms with Crippen LogP contribution >= 0.6 is 0 Å². The van der Waals surface area contributed by atoms with Gasteiger partial charge in [-0.25, -0.2) is 0 Å². The van der Waals surface area contributed by atoms with Crippen LogP contribution in [0.15, 0.2) is 24.3 Å². The summed E-state index contributed by atoms with van der Waals surface area (Å²) in [6.45, 7) is 4.79. The van der Waals surface area contributed by atoms with Gasteiger partial charge in [-0.2, -0.15) is 0 Å². The molecule has 0 radical (unpaired) electrons. The van der Waals surface area contributed by atoms with Crippen LogP contribution in [-0.2, 0) is 0 Å². The molecule has 0 unspecified atom stereocenters. The number of carbonyl (C=O) groups is 1. The molecule has 1 aromatic carbocycles. The molecule has 1 fully saturated rings. The number of rotatable bonds is 4. The Morgan fingerprint density at radius 2 is 1.95 bits per heavy atom. The van der Waals surface area contributed by atoms with Crippen LogP contribution in [0.25, 0.3) is 0 Å². The van der Waals surface area contributed by atoms with E-state index in [1.165, 1.54) is 0 Å². The average Bonchev–Trinajstić information content (AvgIpc) is 2.48. The Labute approximate surface area is 114 Å². The molecule has 4 heteroatoms. The number of hydrogen-bond acceptors (Lipinski definition) is 3. The maximum atomic E-state index is 12.3. The van der Waals surface area contributed by atoms with E-state index in [1.54, 1.807) is 7.11 Å². The first-order valence-corrected chi connectivity index (χ1v) is 6.91. The molecule has 1 amide bonds. The summed E-state index contributed by atoms with van der Waals surface area (Å²) < 4.78 is 5.10. The summed E-state index contributed by atoms with van der Waals surface area (Å²) in [6, 6.07) is 7.89. The average molecular weight is 262 g/mol. The summed E-state index contributed by atoms with van der Waals surface area (Å²) in [5.41, 5.74) is 0.739. The van der Waals surface area contributed by atoms with E-state index in [4.69, 9.17) is 4.74 Å². The fourth-order valence-electron chi connectivity index (χ4n) is 2.49. The molecule has 1 saturated heterocycles. The summed E-state index contributed by atoms with van der Waals surface area (Å²) >= 11 is 0. The van der Waals surface area contributed by atoms with Gasteiger partial charge in [0.2, 0.25) is 0 Å².